The van der Waals surface area contributed by atoms with E-state index in [-0.39, 0.29) is 5.91 Å². The number of amides is 1. The molecule has 1 amide bonds. The van der Waals surface area contributed by atoms with Crippen molar-refractivity contribution < 1.29 is 9.53 Å². The van der Waals surface area contributed by atoms with Crippen LogP contribution >= 0.6 is 11.3 Å². The molecule has 0 aliphatic heterocycles. The van der Waals surface area contributed by atoms with E-state index in [4.69, 9.17) is 4.74 Å². The van der Waals surface area contributed by atoms with Crippen molar-refractivity contribution in [3.63, 3.8) is 0 Å². The lowest BCUT2D eigenvalue weighted by atomic mass is 10.1. The average Bonchev–Trinajstić information content (AvgIpc) is 3.21. The Morgan fingerprint density at radius 2 is 1.90 bits per heavy atom. The number of anilines is 1. The lowest BCUT2D eigenvalue weighted by Gasteiger charge is -2.06. The van der Waals surface area contributed by atoms with Crippen LogP contribution in [0.2, 0.25) is 0 Å². The van der Waals surface area contributed by atoms with E-state index in [1.54, 1.807) is 10.7 Å². The summed E-state index contributed by atoms with van der Waals surface area (Å²) < 4.78 is 7.20. The first-order chi connectivity index (χ1) is 14.4. The van der Waals surface area contributed by atoms with Gasteiger partial charge in [-0.3, -0.25) is 14.8 Å². The fourth-order valence-electron chi connectivity index (χ4n) is 3.51. The maximum Gasteiger partial charge on any atom is 0.258 e. The topological polar surface area (TPSA) is 81.9 Å². The molecule has 154 valence electrons. The third-order valence-corrected chi connectivity index (χ3v) is 5.68. The van der Waals surface area contributed by atoms with E-state index in [1.807, 2.05) is 59.0 Å². The smallest absolute Gasteiger partial charge is 0.258 e. The molecule has 0 spiro atoms. The number of nitrogens with one attached hydrogen (secondary N) is 1. The minimum Gasteiger partial charge on any atom is -0.494 e. The molecule has 1 aromatic carbocycles. The number of benzene rings is 1. The van der Waals surface area contributed by atoms with Crippen LogP contribution in [0.5, 0.6) is 5.75 Å². The molecule has 1 N–H and O–H groups in total. The molecular formula is C22H23N5O2S. The molecule has 4 rings (SSSR count). The first kappa shape index (κ1) is 20.0. The Balaban J connectivity index is 1.64. The lowest BCUT2D eigenvalue weighted by molar-refractivity contribution is 0.102. The molecule has 3 aromatic heterocycles. The third kappa shape index (κ3) is 3.66. The summed E-state index contributed by atoms with van der Waals surface area (Å²) in [6, 6.07) is 9.61. The second kappa shape index (κ2) is 7.87. The molecule has 0 radical (unpaired) electrons. The zero-order chi connectivity index (χ0) is 21.4. The highest BCUT2D eigenvalue weighted by atomic mass is 32.1. The number of hydrogen-bond acceptors (Lipinski definition) is 6. The Labute approximate surface area is 178 Å². The summed E-state index contributed by atoms with van der Waals surface area (Å²) in [6.07, 6.45) is 0. The number of aryl methyl sites for hydroxylation is 4. The second-order valence-corrected chi connectivity index (χ2v) is 8.26. The van der Waals surface area contributed by atoms with Gasteiger partial charge in [-0.1, -0.05) is 0 Å². The van der Waals surface area contributed by atoms with E-state index in [0.717, 1.165) is 38.7 Å². The van der Waals surface area contributed by atoms with Crippen LogP contribution in [0.3, 0.4) is 0 Å². The number of hydrogen-bond donors (Lipinski definition) is 1. The summed E-state index contributed by atoms with van der Waals surface area (Å²) in [5.41, 5.74) is 4.63. The highest BCUT2D eigenvalue weighted by Gasteiger charge is 2.19. The molecular weight excluding hydrogens is 398 g/mol. The highest BCUT2D eigenvalue weighted by Crippen LogP contribution is 2.32. The van der Waals surface area contributed by atoms with Gasteiger partial charge in [0.2, 0.25) is 0 Å². The van der Waals surface area contributed by atoms with Gasteiger partial charge in [-0.25, -0.2) is 9.97 Å². The van der Waals surface area contributed by atoms with E-state index in [0.29, 0.717) is 22.9 Å². The van der Waals surface area contributed by atoms with E-state index < -0.39 is 0 Å². The van der Waals surface area contributed by atoms with Gasteiger partial charge in [-0.05, 0) is 58.0 Å². The predicted molar refractivity (Wildman–Crippen MR) is 119 cm³/mol. The Bertz CT molecular complexity index is 1240. The standard InChI is InChI=1S/C22H23N5O2S/c1-6-29-16-9-7-15(8-10-16)19-14(4)30-22(24-19)25-21(28)17-11-12(2)23-20-18(17)13(3)26-27(20)5/h7-11H,6H2,1-5H3,(H,24,25,28). The van der Waals surface area contributed by atoms with Gasteiger partial charge in [0.1, 0.15) is 5.75 Å². The number of thiazole rings is 1. The molecule has 0 aliphatic rings. The summed E-state index contributed by atoms with van der Waals surface area (Å²) >= 11 is 1.45. The zero-order valence-electron chi connectivity index (χ0n) is 17.6. The number of aromatic nitrogens is 4. The first-order valence-electron chi connectivity index (χ1n) is 9.70. The largest absolute Gasteiger partial charge is 0.494 e. The minimum atomic E-state index is -0.214. The Kier molecular flexibility index (Phi) is 5.26. The maximum absolute atomic E-state index is 13.1. The number of nitrogens with zero attached hydrogens (tertiary/aromatic N) is 4. The van der Waals surface area contributed by atoms with Crippen molar-refractivity contribution in [2.24, 2.45) is 7.05 Å². The van der Waals surface area contributed by atoms with Crippen molar-refractivity contribution in [1.29, 1.82) is 0 Å². The van der Waals surface area contributed by atoms with Crippen molar-refractivity contribution >= 4 is 33.4 Å². The predicted octanol–water partition coefficient (Wildman–Crippen LogP) is 4.67. The number of pyridine rings is 1. The molecule has 0 unspecified atom stereocenters. The molecule has 0 saturated heterocycles. The summed E-state index contributed by atoms with van der Waals surface area (Å²) in [5, 5.41) is 8.69. The van der Waals surface area contributed by atoms with Crippen LogP contribution in [0.25, 0.3) is 22.3 Å². The molecule has 4 aromatic rings. The fraction of sp³-hybridized carbons (Fsp3) is 0.273. The maximum atomic E-state index is 13.1. The van der Waals surface area contributed by atoms with Gasteiger partial charge in [0.15, 0.2) is 10.8 Å². The molecule has 7 nitrogen and oxygen atoms in total. The first-order valence-corrected chi connectivity index (χ1v) is 10.5. The van der Waals surface area contributed by atoms with Crippen molar-refractivity contribution in [2.45, 2.75) is 27.7 Å². The normalized spacial score (nSPS) is 11.1. The highest BCUT2D eigenvalue weighted by molar-refractivity contribution is 7.16. The monoisotopic (exact) mass is 421 g/mol. The van der Waals surface area contributed by atoms with Crippen molar-refractivity contribution in [2.75, 3.05) is 11.9 Å². The number of ether oxygens (including phenoxy) is 1. The van der Waals surface area contributed by atoms with E-state index in [9.17, 15) is 4.79 Å². The van der Waals surface area contributed by atoms with Crippen LogP contribution in [-0.4, -0.2) is 32.3 Å². The van der Waals surface area contributed by atoms with Gasteiger partial charge in [-0.2, -0.15) is 5.10 Å². The zero-order valence-corrected chi connectivity index (χ0v) is 18.4. The van der Waals surface area contributed by atoms with Crippen molar-refractivity contribution in [3.8, 4) is 17.0 Å². The van der Waals surface area contributed by atoms with Gasteiger partial charge >= 0.3 is 0 Å². The number of carbonyl (C=O) groups is 1. The SMILES string of the molecule is CCOc1ccc(-c2nc(NC(=O)c3cc(C)nc4c3c(C)nn4C)sc2C)cc1. The van der Waals surface area contributed by atoms with Crippen LogP contribution in [0.4, 0.5) is 5.13 Å². The van der Waals surface area contributed by atoms with E-state index in [2.05, 4.69) is 20.4 Å². The summed E-state index contributed by atoms with van der Waals surface area (Å²) in [4.78, 5) is 23.3. The molecule has 8 heteroatoms. The van der Waals surface area contributed by atoms with Gasteiger partial charge in [-0.15, -0.1) is 11.3 Å². The number of carbonyl (C=O) groups excluding carboxylic acids is 1. The average molecular weight is 422 g/mol. The van der Waals surface area contributed by atoms with Crippen molar-refractivity contribution in [1.82, 2.24) is 19.7 Å². The molecule has 0 saturated carbocycles. The van der Waals surface area contributed by atoms with Crippen LogP contribution in [-0.2, 0) is 7.05 Å². The molecule has 0 atom stereocenters. The van der Waals surface area contributed by atoms with Gasteiger partial charge in [0, 0.05) is 23.2 Å². The van der Waals surface area contributed by atoms with Crippen LogP contribution in [0, 0.1) is 20.8 Å². The van der Waals surface area contributed by atoms with Crippen LogP contribution in [0.15, 0.2) is 30.3 Å². The summed E-state index contributed by atoms with van der Waals surface area (Å²) in [5.74, 6) is 0.611. The van der Waals surface area contributed by atoms with Gasteiger partial charge in [0.05, 0.1) is 28.9 Å². The Morgan fingerprint density at radius 3 is 2.60 bits per heavy atom. The number of fused-ring (bicyclic) bond motifs is 1. The Hall–Kier alpha value is -3.26. The lowest BCUT2D eigenvalue weighted by Crippen LogP contribution is -2.13. The summed E-state index contributed by atoms with van der Waals surface area (Å²) in [7, 11) is 1.83. The minimum absolute atomic E-state index is 0.214. The molecule has 3 heterocycles. The Morgan fingerprint density at radius 1 is 1.17 bits per heavy atom. The second-order valence-electron chi connectivity index (χ2n) is 7.05. The van der Waals surface area contributed by atoms with Gasteiger partial charge < -0.3 is 4.74 Å². The molecule has 30 heavy (non-hydrogen) atoms. The number of rotatable bonds is 5. The quantitative estimate of drug-likeness (QED) is 0.506. The van der Waals surface area contributed by atoms with Crippen LogP contribution < -0.4 is 10.1 Å². The van der Waals surface area contributed by atoms with E-state index >= 15 is 0 Å². The molecule has 0 bridgehead atoms. The summed E-state index contributed by atoms with van der Waals surface area (Å²) in [6.45, 7) is 8.34. The third-order valence-electron chi connectivity index (χ3n) is 4.80. The molecule has 0 aliphatic carbocycles. The van der Waals surface area contributed by atoms with Gasteiger partial charge in [0.25, 0.3) is 5.91 Å². The fourth-order valence-corrected chi connectivity index (χ4v) is 4.34. The molecule has 0 fully saturated rings. The van der Waals surface area contributed by atoms with E-state index in [1.165, 1.54) is 11.3 Å². The van der Waals surface area contributed by atoms with Crippen LogP contribution in [0.1, 0.15) is 33.5 Å². The van der Waals surface area contributed by atoms with Crippen molar-refractivity contribution in [3.05, 3.63) is 52.2 Å².